The van der Waals surface area contributed by atoms with Crippen LogP contribution in [0.1, 0.15) is 16.8 Å². The molecule has 148 valence electrons. The zero-order chi connectivity index (χ0) is 21.2. The first-order valence-corrected chi connectivity index (χ1v) is 8.45. The van der Waals surface area contributed by atoms with Gasteiger partial charge in [0.2, 0.25) is 5.91 Å². The van der Waals surface area contributed by atoms with E-state index in [-0.39, 0.29) is 43.7 Å². The van der Waals surface area contributed by atoms with Crippen molar-refractivity contribution in [1.29, 1.82) is 10.5 Å². The molecule has 2 aromatic rings. The van der Waals surface area contributed by atoms with Crippen LogP contribution in [0.25, 0.3) is 0 Å². The number of amides is 3. The number of nitrogens with zero attached hydrogens (tertiary/aromatic N) is 4. The van der Waals surface area contributed by atoms with E-state index in [9.17, 15) is 14.0 Å². The van der Waals surface area contributed by atoms with Crippen molar-refractivity contribution in [1.82, 2.24) is 15.2 Å². The molecule has 10 heteroatoms. The van der Waals surface area contributed by atoms with Gasteiger partial charge in [-0.3, -0.25) is 4.79 Å². The molecule has 0 atom stereocenters. The second-order valence-electron chi connectivity index (χ2n) is 5.78. The van der Waals surface area contributed by atoms with Crippen molar-refractivity contribution in [2.75, 3.05) is 25.0 Å². The van der Waals surface area contributed by atoms with Crippen LogP contribution in [0, 0.1) is 28.5 Å². The van der Waals surface area contributed by atoms with Gasteiger partial charge in [0.05, 0.1) is 30.5 Å². The fourth-order valence-electron chi connectivity index (χ4n) is 2.43. The van der Waals surface area contributed by atoms with Crippen LogP contribution in [-0.2, 0) is 11.3 Å². The summed E-state index contributed by atoms with van der Waals surface area (Å²) in [5, 5.41) is 30.9. The monoisotopic (exact) mass is 396 g/mol. The third-order valence-corrected chi connectivity index (χ3v) is 3.76. The summed E-state index contributed by atoms with van der Waals surface area (Å²) in [6.07, 6.45) is 1.45. The number of aliphatic hydroxyl groups is 1. The predicted octanol–water partition coefficient (Wildman–Crippen LogP) is 1.11. The molecule has 2 heterocycles. The van der Waals surface area contributed by atoms with Gasteiger partial charge in [-0.25, -0.2) is 14.2 Å². The van der Waals surface area contributed by atoms with Gasteiger partial charge in [-0.1, -0.05) is 6.07 Å². The van der Waals surface area contributed by atoms with E-state index < -0.39 is 6.03 Å². The van der Waals surface area contributed by atoms with Gasteiger partial charge in [0.15, 0.2) is 0 Å². The van der Waals surface area contributed by atoms with Crippen molar-refractivity contribution in [3.05, 3.63) is 59.2 Å². The highest BCUT2D eigenvalue weighted by atomic mass is 19.1. The summed E-state index contributed by atoms with van der Waals surface area (Å²) in [5.74, 6) is -0.742. The molecule has 9 nitrogen and oxygen atoms in total. The van der Waals surface area contributed by atoms with E-state index in [1.54, 1.807) is 12.1 Å². The summed E-state index contributed by atoms with van der Waals surface area (Å²) in [4.78, 5) is 28.6. The minimum Gasteiger partial charge on any atom is -0.395 e. The first kappa shape index (κ1) is 21.3. The van der Waals surface area contributed by atoms with Gasteiger partial charge in [0.25, 0.3) is 0 Å². The quantitative estimate of drug-likeness (QED) is 0.707. The summed E-state index contributed by atoms with van der Waals surface area (Å²) in [7, 11) is 0. The van der Waals surface area contributed by atoms with Gasteiger partial charge in [-0.2, -0.15) is 10.5 Å². The van der Waals surface area contributed by atoms with Crippen molar-refractivity contribution >= 4 is 17.6 Å². The number of pyridine rings is 1. The number of fused-ring (bicyclic) bond motifs is 1. The Labute approximate surface area is 166 Å². The molecule has 1 aromatic carbocycles. The van der Waals surface area contributed by atoms with Gasteiger partial charge >= 0.3 is 6.03 Å². The number of rotatable bonds is 4. The molecule has 3 amide bonds. The summed E-state index contributed by atoms with van der Waals surface area (Å²) in [5.41, 5.74) is 1.70. The van der Waals surface area contributed by atoms with E-state index in [0.29, 0.717) is 16.8 Å². The number of carbonyl (C=O) groups is 2. The molecule has 1 aromatic heterocycles. The molecule has 0 radical (unpaired) electrons. The number of nitriles is 2. The van der Waals surface area contributed by atoms with E-state index in [1.165, 1.54) is 29.3 Å². The highest BCUT2D eigenvalue weighted by Crippen LogP contribution is 2.24. The SMILES string of the molecule is N#Cc1cccc(F)c1.N#Cc1nccc2c1CN(CC(=O)NCCO)C(=O)N2. The third-order valence-electron chi connectivity index (χ3n) is 3.76. The second kappa shape index (κ2) is 10.3. The number of hydrogen-bond donors (Lipinski definition) is 3. The van der Waals surface area contributed by atoms with Crippen LogP contribution in [0.15, 0.2) is 36.5 Å². The number of halogens is 1. The van der Waals surface area contributed by atoms with E-state index >= 15 is 0 Å². The summed E-state index contributed by atoms with van der Waals surface area (Å²) < 4.78 is 12.2. The van der Waals surface area contributed by atoms with Crippen molar-refractivity contribution in [3.8, 4) is 12.1 Å². The fourth-order valence-corrected chi connectivity index (χ4v) is 2.43. The molecule has 0 saturated carbocycles. The average molecular weight is 396 g/mol. The number of aliphatic hydroxyl groups excluding tert-OH is 1. The Morgan fingerprint density at radius 2 is 2.14 bits per heavy atom. The lowest BCUT2D eigenvalue weighted by Gasteiger charge is -2.28. The van der Waals surface area contributed by atoms with Crippen LogP contribution in [0.4, 0.5) is 14.9 Å². The number of carbonyl (C=O) groups excluding carboxylic acids is 2. The van der Waals surface area contributed by atoms with Crippen molar-refractivity contribution in [3.63, 3.8) is 0 Å². The van der Waals surface area contributed by atoms with Crippen LogP contribution >= 0.6 is 0 Å². The predicted molar refractivity (Wildman–Crippen MR) is 99.6 cm³/mol. The Kier molecular flexibility index (Phi) is 7.59. The van der Waals surface area contributed by atoms with Crippen LogP contribution in [0.5, 0.6) is 0 Å². The zero-order valence-electron chi connectivity index (χ0n) is 15.2. The maximum atomic E-state index is 12.2. The topological polar surface area (TPSA) is 142 Å². The minimum absolute atomic E-state index is 0.135. The molecule has 3 N–H and O–H groups in total. The van der Waals surface area contributed by atoms with Crippen LogP contribution in [0.2, 0.25) is 0 Å². The van der Waals surface area contributed by atoms with Crippen molar-refractivity contribution in [2.24, 2.45) is 0 Å². The average Bonchev–Trinajstić information content (AvgIpc) is 2.72. The first-order chi connectivity index (χ1) is 14.0. The highest BCUT2D eigenvalue weighted by Gasteiger charge is 2.26. The lowest BCUT2D eigenvalue weighted by atomic mass is 10.1. The minimum atomic E-state index is -0.410. The maximum absolute atomic E-state index is 12.2. The normalized spacial score (nSPS) is 11.7. The van der Waals surface area contributed by atoms with Gasteiger partial charge in [0.1, 0.15) is 24.1 Å². The molecular weight excluding hydrogens is 379 g/mol. The third kappa shape index (κ3) is 5.99. The fraction of sp³-hybridized carbons (Fsp3) is 0.211. The van der Waals surface area contributed by atoms with E-state index in [4.69, 9.17) is 15.6 Å². The smallest absolute Gasteiger partial charge is 0.322 e. The Hall–Kier alpha value is -4.02. The van der Waals surface area contributed by atoms with Gasteiger partial charge in [-0.05, 0) is 24.3 Å². The molecule has 29 heavy (non-hydrogen) atoms. The van der Waals surface area contributed by atoms with Crippen LogP contribution < -0.4 is 10.6 Å². The van der Waals surface area contributed by atoms with Gasteiger partial charge in [-0.15, -0.1) is 0 Å². The largest absolute Gasteiger partial charge is 0.395 e. The Bertz CT molecular complexity index is 983. The first-order valence-electron chi connectivity index (χ1n) is 8.45. The molecule has 0 spiro atoms. The molecule has 0 fully saturated rings. The molecule has 1 aliphatic heterocycles. The number of urea groups is 1. The number of aromatic nitrogens is 1. The molecule has 0 aliphatic carbocycles. The summed E-state index contributed by atoms with van der Waals surface area (Å²) >= 11 is 0. The number of benzene rings is 1. The molecular formula is C19H17FN6O3. The lowest BCUT2D eigenvalue weighted by Crippen LogP contribution is -2.45. The summed E-state index contributed by atoms with van der Waals surface area (Å²) in [6.45, 7) is -0.0331. The van der Waals surface area contributed by atoms with E-state index in [2.05, 4.69) is 15.6 Å². The molecule has 3 rings (SSSR count). The van der Waals surface area contributed by atoms with E-state index in [1.807, 2.05) is 12.1 Å². The molecule has 0 saturated heterocycles. The molecule has 0 unspecified atom stereocenters. The number of anilines is 1. The van der Waals surface area contributed by atoms with E-state index in [0.717, 1.165) is 0 Å². The second-order valence-corrected chi connectivity index (χ2v) is 5.78. The van der Waals surface area contributed by atoms with Crippen LogP contribution in [0.3, 0.4) is 0 Å². The molecule has 0 bridgehead atoms. The Balaban J connectivity index is 0.000000278. The van der Waals surface area contributed by atoms with Crippen molar-refractivity contribution < 1.29 is 19.1 Å². The summed E-state index contributed by atoms with van der Waals surface area (Å²) in [6, 6.07) is 10.5. The van der Waals surface area contributed by atoms with Crippen LogP contribution in [-0.4, -0.2) is 46.6 Å². The lowest BCUT2D eigenvalue weighted by molar-refractivity contribution is -0.121. The van der Waals surface area contributed by atoms with Gasteiger partial charge < -0.3 is 20.6 Å². The number of hydrogen-bond acceptors (Lipinski definition) is 6. The van der Waals surface area contributed by atoms with Gasteiger partial charge in [0, 0.05) is 18.3 Å². The molecule has 1 aliphatic rings. The van der Waals surface area contributed by atoms with Crippen molar-refractivity contribution in [2.45, 2.75) is 6.54 Å². The Morgan fingerprint density at radius 3 is 2.76 bits per heavy atom. The zero-order valence-corrected chi connectivity index (χ0v) is 15.2. The standard InChI is InChI=1S/C12H13N5O3.C7H4FN/c13-5-10-8-6-17(7-11(19)15-3-4-18)12(20)16-9(8)1-2-14-10;8-7-3-1-2-6(4-7)5-9/h1-2,18H,3-4,6-7H2,(H,15,19)(H,16,20);1-4H. The Morgan fingerprint density at radius 1 is 1.34 bits per heavy atom. The highest BCUT2D eigenvalue weighted by molar-refractivity contribution is 5.95. The maximum Gasteiger partial charge on any atom is 0.322 e. The number of nitrogens with one attached hydrogen (secondary N) is 2.